The smallest absolute Gasteiger partial charge is 0.328 e. The first kappa shape index (κ1) is 55.4. The quantitative estimate of drug-likeness (QED) is 0.0380. The fraction of sp³-hybridized carbons (Fsp3) is 0.500. The summed E-state index contributed by atoms with van der Waals surface area (Å²) >= 11 is 0. The van der Waals surface area contributed by atoms with Crippen molar-refractivity contribution in [2.45, 2.75) is 122 Å². The van der Waals surface area contributed by atoms with Gasteiger partial charge in [-0.3, -0.25) is 38.4 Å². The van der Waals surface area contributed by atoms with Gasteiger partial charge in [0.25, 0.3) is 0 Å². The number of primary amides is 1. The van der Waals surface area contributed by atoms with Gasteiger partial charge in [0, 0.05) is 36.4 Å². The van der Waals surface area contributed by atoms with Crippen molar-refractivity contribution in [2.75, 3.05) is 13.2 Å². The summed E-state index contributed by atoms with van der Waals surface area (Å²) in [5.41, 5.74) is 12.8. The van der Waals surface area contributed by atoms with Crippen LogP contribution in [0.15, 0.2) is 60.8 Å². The number of aromatic nitrogens is 1. The summed E-state index contributed by atoms with van der Waals surface area (Å²) in [7, 11) is 0. The number of carboxylic acid groups (broad SMARTS) is 1. The number of aromatic amines is 1. The highest BCUT2D eigenvalue weighted by molar-refractivity contribution is 5.98. The molecule has 372 valence electrons. The number of hydrogen-bond acceptors (Lipinski definition) is 12. The molecule has 22 nitrogen and oxygen atoms in total. The molecule has 0 radical (unpaired) electrons. The van der Waals surface area contributed by atoms with Crippen LogP contribution in [0.2, 0.25) is 0 Å². The van der Waals surface area contributed by atoms with E-state index in [0.29, 0.717) is 11.1 Å². The molecule has 0 saturated carbocycles. The number of hydrogen-bond donors (Lipinski definition) is 13. The Morgan fingerprint density at radius 2 is 1.13 bits per heavy atom. The molecule has 0 unspecified atom stereocenters. The van der Waals surface area contributed by atoms with Crippen molar-refractivity contribution >= 4 is 64.1 Å². The van der Waals surface area contributed by atoms with Crippen molar-refractivity contribution in [3.8, 4) is 0 Å². The van der Waals surface area contributed by atoms with Crippen LogP contribution in [-0.2, 0) is 56.0 Å². The van der Waals surface area contributed by atoms with Gasteiger partial charge in [0.1, 0.15) is 30.2 Å². The number of para-hydroxylation sites is 1. The third-order valence-corrected chi connectivity index (χ3v) is 10.7. The molecule has 22 heteroatoms. The molecular weight excluding hydrogens is 885 g/mol. The summed E-state index contributed by atoms with van der Waals surface area (Å²) in [6, 6.07) is 6.09. The number of benzene rings is 2. The Kier molecular flexibility index (Phi) is 22.0. The minimum Gasteiger partial charge on any atom is -0.480 e. The number of carboxylic acids is 1. The molecule has 3 aromatic rings. The standard InChI is InChI=1S/C46H66N10O12/c1-24(2)17-32(52-41(62)33(18-25(3)4)53-45(66)36(23-57)51-38(60)22-50-40(61)30(47)15-16-37(48)59)42(63)54-34(19-27-11-7-6-8-12-27)43(64)55-35(44(65)56-39(26(5)58)46(67)68)20-28-21-49-31-14-10-9-13-29(28)31/h6-14,21,24-26,30,32-36,39,49,57-58H,15-20,22-23,47H2,1-5H3,(H2,48,59)(H,50,61)(H,51,60)(H,52,62)(H,53,66)(H,54,63)(H,55,64)(H,56,65)(H,67,68)/t26-,30+,32+,33+,34+,35+,36+,39+/m1/s1. The van der Waals surface area contributed by atoms with E-state index in [4.69, 9.17) is 11.5 Å². The molecule has 8 atom stereocenters. The van der Waals surface area contributed by atoms with Crippen LogP contribution >= 0.6 is 0 Å². The third-order valence-electron chi connectivity index (χ3n) is 10.7. The Bertz CT molecular complexity index is 2220. The number of aliphatic hydroxyl groups excluding tert-OH is 2. The lowest BCUT2D eigenvalue weighted by Gasteiger charge is -2.28. The average Bonchev–Trinajstić information content (AvgIpc) is 3.69. The fourth-order valence-corrected chi connectivity index (χ4v) is 7.09. The van der Waals surface area contributed by atoms with Gasteiger partial charge >= 0.3 is 5.97 Å². The molecule has 1 heterocycles. The Morgan fingerprint density at radius 3 is 1.66 bits per heavy atom. The van der Waals surface area contributed by atoms with E-state index in [9.17, 15) is 58.5 Å². The van der Waals surface area contributed by atoms with Crippen LogP contribution in [0.1, 0.15) is 71.4 Å². The van der Waals surface area contributed by atoms with Crippen LogP contribution in [0.5, 0.6) is 0 Å². The fourth-order valence-electron chi connectivity index (χ4n) is 7.09. The van der Waals surface area contributed by atoms with Gasteiger partial charge < -0.3 is 69.0 Å². The second-order valence-electron chi connectivity index (χ2n) is 17.5. The van der Waals surface area contributed by atoms with E-state index < -0.39 is 115 Å². The molecular formula is C46H66N10O12. The van der Waals surface area contributed by atoms with Crippen molar-refractivity contribution in [3.05, 3.63) is 71.9 Å². The lowest BCUT2D eigenvalue weighted by molar-refractivity contribution is -0.145. The first-order valence-electron chi connectivity index (χ1n) is 22.3. The molecule has 0 saturated heterocycles. The third kappa shape index (κ3) is 18.1. The summed E-state index contributed by atoms with van der Waals surface area (Å²) in [6.45, 7) is 6.81. The van der Waals surface area contributed by atoms with E-state index in [1.54, 1.807) is 82.4 Å². The maximum Gasteiger partial charge on any atom is 0.328 e. The molecule has 0 fully saturated rings. The van der Waals surface area contributed by atoms with E-state index in [-0.39, 0.29) is 50.4 Å². The molecule has 0 aliphatic rings. The van der Waals surface area contributed by atoms with Crippen molar-refractivity contribution in [1.82, 2.24) is 42.2 Å². The Labute approximate surface area is 393 Å². The maximum atomic E-state index is 14.4. The van der Waals surface area contributed by atoms with Gasteiger partial charge in [-0.25, -0.2) is 4.79 Å². The van der Waals surface area contributed by atoms with E-state index in [0.717, 1.165) is 10.9 Å². The van der Waals surface area contributed by atoms with Gasteiger partial charge in [-0.1, -0.05) is 76.2 Å². The molecule has 0 spiro atoms. The van der Waals surface area contributed by atoms with Crippen LogP contribution in [0.25, 0.3) is 10.9 Å². The summed E-state index contributed by atoms with van der Waals surface area (Å²) in [4.78, 5) is 121. The molecule has 3 rings (SSSR count). The van der Waals surface area contributed by atoms with Gasteiger partial charge in [0.2, 0.25) is 47.3 Å². The number of carbonyl (C=O) groups is 9. The number of aliphatic carboxylic acids is 1. The Hall–Kier alpha value is -6.91. The number of fused-ring (bicyclic) bond motifs is 1. The van der Waals surface area contributed by atoms with Crippen LogP contribution in [0.3, 0.4) is 0 Å². The lowest BCUT2D eigenvalue weighted by Crippen LogP contribution is -2.61. The van der Waals surface area contributed by atoms with Crippen LogP contribution < -0.4 is 48.7 Å². The van der Waals surface area contributed by atoms with Gasteiger partial charge in [-0.05, 0) is 55.2 Å². The van der Waals surface area contributed by atoms with Gasteiger partial charge in [-0.15, -0.1) is 0 Å². The van der Waals surface area contributed by atoms with Crippen molar-refractivity contribution in [1.29, 1.82) is 0 Å². The monoisotopic (exact) mass is 950 g/mol. The largest absolute Gasteiger partial charge is 0.480 e. The molecule has 0 aliphatic carbocycles. The maximum absolute atomic E-state index is 14.4. The van der Waals surface area contributed by atoms with E-state index in [1.165, 1.54) is 6.92 Å². The second-order valence-corrected chi connectivity index (χ2v) is 17.5. The number of nitrogens with one attached hydrogen (secondary N) is 8. The topological polar surface area (TPSA) is 366 Å². The van der Waals surface area contributed by atoms with Gasteiger partial charge in [0.05, 0.1) is 25.3 Å². The van der Waals surface area contributed by atoms with Crippen LogP contribution in [-0.4, -0.2) is 135 Å². The van der Waals surface area contributed by atoms with Crippen LogP contribution in [0.4, 0.5) is 0 Å². The highest BCUT2D eigenvalue weighted by Crippen LogP contribution is 2.20. The average molecular weight is 951 g/mol. The Balaban J connectivity index is 1.86. The summed E-state index contributed by atoms with van der Waals surface area (Å²) < 4.78 is 0. The zero-order valence-electron chi connectivity index (χ0n) is 38.9. The lowest BCUT2D eigenvalue weighted by atomic mass is 9.98. The molecule has 2 aromatic carbocycles. The highest BCUT2D eigenvalue weighted by atomic mass is 16.4. The normalized spacial score (nSPS) is 14.8. The minimum absolute atomic E-state index is 0.0512. The Morgan fingerprint density at radius 1 is 0.632 bits per heavy atom. The van der Waals surface area contributed by atoms with Crippen molar-refractivity contribution < 1.29 is 58.5 Å². The van der Waals surface area contributed by atoms with E-state index >= 15 is 0 Å². The zero-order chi connectivity index (χ0) is 50.7. The van der Waals surface area contributed by atoms with Gasteiger partial charge in [-0.2, -0.15) is 0 Å². The number of aliphatic hydroxyl groups is 2. The number of H-pyrrole nitrogens is 1. The molecule has 0 aliphatic heterocycles. The molecule has 68 heavy (non-hydrogen) atoms. The zero-order valence-corrected chi connectivity index (χ0v) is 38.9. The SMILES string of the molecule is CC(C)C[C@H](NC(=O)[C@H](CO)NC(=O)CNC(=O)[C@@H](N)CCC(N)=O)C(=O)N[C@@H](CC(C)C)C(=O)N[C@@H](Cc1ccccc1)C(=O)N[C@@H](Cc1c[nH]c2ccccc12)C(=O)N[C@H](C(=O)O)[C@@H](C)O. The first-order valence-corrected chi connectivity index (χ1v) is 22.3. The summed E-state index contributed by atoms with van der Waals surface area (Å²) in [6.07, 6.45) is -0.164. The van der Waals surface area contributed by atoms with E-state index in [2.05, 4.69) is 42.2 Å². The van der Waals surface area contributed by atoms with Crippen LogP contribution in [0, 0.1) is 11.8 Å². The first-order chi connectivity index (χ1) is 32.1. The number of amides is 8. The molecule has 15 N–H and O–H groups in total. The van der Waals surface area contributed by atoms with Gasteiger partial charge in [0.15, 0.2) is 6.04 Å². The van der Waals surface area contributed by atoms with E-state index in [1.807, 2.05) is 6.07 Å². The summed E-state index contributed by atoms with van der Waals surface area (Å²) in [5.74, 6) is -8.48. The molecule has 8 amide bonds. The predicted octanol–water partition coefficient (Wildman–Crippen LogP) is -1.88. The molecule has 1 aromatic heterocycles. The second kappa shape index (κ2) is 27.0. The minimum atomic E-state index is -1.71. The number of carbonyl (C=O) groups excluding carboxylic acids is 8. The summed E-state index contributed by atoms with van der Waals surface area (Å²) in [5, 5.41) is 48.1. The van der Waals surface area contributed by atoms with Crippen molar-refractivity contribution in [3.63, 3.8) is 0 Å². The highest BCUT2D eigenvalue weighted by Gasteiger charge is 2.35. The number of nitrogens with two attached hydrogens (primary N) is 2. The van der Waals surface area contributed by atoms with Crippen molar-refractivity contribution in [2.24, 2.45) is 23.3 Å². The number of rotatable bonds is 28. The predicted molar refractivity (Wildman–Crippen MR) is 248 cm³/mol. The molecule has 0 bridgehead atoms.